The van der Waals surface area contributed by atoms with Gasteiger partial charge < -0.3 is 14.8 Å². The van der Waals surface area contributed by atoms with Gasteiger partial charge in [0.2, 0.25) is 6.79 Å². The first-order valence-electron chi connectivity index (χ1n) is 8.35. The van der Waals surface area contributed by atoms with Gasteiger partial charge in [-0.15, -0.1) is 0 Å². The van der Waals surface area contributed by atoms with Crippen molar-refractivity contribution in [3.63, 3.8) is 0 Å². The Balaban J connectivity index is 1.56. The molecule has 1 N–H and O–H groups in total. The molecule has 1 atom stereocenters. The molecule has 0 saturated heterocycles. The van der Waals surface area contributed by atoms with Crippen molar-refractivity contribution in [2.75, 3.05) is 6.79 Å². The highest BCUT2D eigenvalue weighted by Crippen LogP contribution is 2.42. The lowest BCUT2D eigenvalue weighted by molar-refractivity contribution is 0.173. The third-order valence-corrected chi connectivity index (χ3v) is 5.14. The number of para-hydroxylation sites is 1. The Morgan fingerprint density at radius 2 is 1.96 bits per heavy atom. The predicted molar refractivity (Wildman–Crippen MR) is 90.8 cm³/mol. The van der Waals surface area contributed by atoms with E-state index in [1.807, 2.05) is 12.1 Å². The van der Waals surface area contributed by atoms with Gasteiger partial charge in [-0.05, 0) is 35.4 Å². The largest absolute Gasteiger partial charge is 0.454 e. The average molecular weight is 309 g/mol. The number of nitrogens with one attached hydrogen (secondary N) is 1. The van der Waals surface area contributed by atoms with Gasteiger partial charge in [-0.1, -0.05) is 50.2 Å². The van der Waals surface area contributed by atoms with E-state index in [0.29, 0.717) is 12.8 Å². The number of ether oxygens (including phenoxy) is 2. The Morgan fingerprint density at radius 3 is 2.87 bits per heavy atom. The van der Waals surface area contributed by atoms with Gasteiger partial charge in [0.05, 0.1) is 0 Å². The van der Waals surface area contributed by atoms with Gasteiger partial charge in [-0.25, -0.2) is 0 Å². The molecule has 4 rings (SSSR count). The summed E-state index contributed by atoms with van der Waals surface area (Å²) in [5.41, 5.74) is 4.34. The standard InChI is InChI=1S/C20H23NO2/c1-20(2)11-10-17(15-7-3-4-8-16(15)20)21-12-14-6-5-9-18-19(14)23-13-22-18/h3-9,17,21H,10-13H2,1-2H3. The van der Waals surface area contributed by atoms with Gasteiger partial charge >= 0.3 is 0 Å². The minimum Gasteiger partial charge on any atom is -0.454 e. The van der Waals surface area contributed by atoms with Gasteiger partial charge in [-0.2, -0.15) is 0 Å². The van der Waals surface area contributed by atoms with Crippen molar-refractivity contribution in [1.82, 2.24) is 5.32 Å². The van der Waals surface area contributed by atoms with E-state index in [1.54, 1.807) is 0 Å². The molecule has 1 aliphatic carbocycles. The summed E-state index contributed by atoms with van der Waals surface area (Å²) >= 11 is 0. The Labute approximate surface area is 137 Å². The molecule has 2 aromatic carbocycles. The Bertz CT molecular complexity index is 723. The van der Waals surface area contributed by atoms with Crippen LogP contribution in [0.15, 0.2) is 42.5 Å². The molecule has 0 fully saturated rings. The lowest BCUT2D eigenvalue weighted by atomic mass is 9.71. The van der Waals surface area contributed by atoms with Crippen LogP contribution in [0.3, 0.4) is 0 Å². The van der Waals surface area contributed by atoms with E-state index in [9.17, 15) is 0 Å². The first-order chi connectivity index (χ1) is 11.1. The molecule has 3 nitrogen and oxygen atoms in total. The Kier molecular flexibility index (Phi) is 3.53. The number of hydrogen-bond acceptors (Lipinski definition) is 3. The van der Waals surface area contributed by atoms with Gasteiger partial charge in [0.25, 0.3) is 0 Å². The Morgan fingerprint density at radius 1 is 1.09 bits per heavy atom. The zero-order chi connectivity index (χ0) is 15.9. The smallest absolute Gasteiger partial charge is 0.231 e. The van der Waals surface area contributed by atoms with Crippen LogP contribution in [0, 0.1) is 0 Å². The summed E-state index contributed by atoms with van der Waals surface area (Å²) in [4.78, 5) is 0. The maximum Gasteiger partial charge on any atom is 0.231 e. The lowest BCUT2D eigenvalue weighted by Crippen LogP contribution is -2.32. The molecule has 0 saturated carbocycles. The quantitative estimate of drug-likeness (QED) is 0.916. The fourth-order valence-electron chi connectivity index (χ4n) is 3.79. The maximum atomic E-state index is 5.61. The minimum atomic E-state index is 0.264. The van der Waals surface area contributed by atoms with Crippen molar-refractivity contribution in [2.45, 2.75) is 44.7 Å². The second-order valence-corrected chi connectivity index (χ2v) is 7.09. The first kappa shape index (κ1) is 14.6. The molecule has 0 spiro atoms. The van der Waals surface area contributed by atoms with Crippen molar-refractivity contribution in [3.8, 4) is 11.5 Å². The fraction of sp³-hybridized carbons (Fsp3) is 0.400. The van der Waals surface area contributed by atoms with Crippen LogP contribution in [0.1, 0.15) is 49.4 Å². The van der Waals surface area contributed by atoms with Crippen LogP contribution in [0.5, 0.6) is 11.5 Å². The van der Waals surface area contributed by atoms with Crippen LogP contribution < -0.4 is 14.8 Å². The zero-order valence-electron chi connectivity index (χ0n) is 13.8. The highest BCUT2D eigenvalue weighted by Gasteiger charge is 2.32. The van der Waals surface area contributed by atoms with Crippen LogP contribution in [0.25, 0.3) is 0 Å². The minimum absolute atomic E-state index is 0.264. The number of benzene rings is 2. The molecule has 23 heavy (non-hydrogen) atoms. The van der Waals surface area contributed by atoms with E-state index in [-0.39, 0.29) is 5.41 Å². The van der Waals surface area contributed by atoms with Crippen LogP contribution in [-0.4, -0.2) is 6.79 Å². The summed E-state index contributed by atoms with van der Waals surface area (Å²) in [6, 6.07) is 15.3. The summed E-state index contributed by atoms with van der Waals surface area (Å²) in [7, 11) is 0. The van der Waals surface area contributed by atoms with Gasteiger partial charge in [0, 0.05) is 18.2 Å². The average Bonchev–Trinajstić information content (AvgIpc) is 3.04. The number of fused-ring (bicyclic) bond motifs is 2. The molecule has 0 bridgehead atoms. The van der Waals surface area contributed by atoms with E-state index in [1.165, 1.54) is 23.1 Å². The summed E-state index contributed by atoms with van der Waals surface area (Å²) in [6.45, 7) is 5.81. The van der Waals surface area contributed by atoms with Crippen LogP contribution in [0.4, 0.5) is 0 Å². The zero-order valence-corrected chi connectivity index (χ0v) is 13.8. The molecular weight excluding hydrogens is 286 g/mol. The van der Waals surface area contributed by atoms with Crippen LogP contribution >= 0.6 is 0 Å². The topological polar surface area (TPSA) is 30.5 Å². The van der Waals surface area contributed by atoms with Crippen LogP contribution in [-0.2, 0) is 12.0 Å². The second-order valence-electron chi connectivity index (χ2n) is 7.09. The van der Waals surface area contributed by atoms with Gasteiger partial charge in [0.15, 0.2) is 11.5 Å². The fourth-order valence-corrected chi connectivity index (χ4v) is 3.79. The van der Waals surface area contributed by atoms with Crippen molar-refractivity contribution in [3.05, 3.63) is 59.2 Å². The summed E-state index contributed by atoms with van der Waals surface area (Å²) in [5, 5.41) is 3.73. The molecule has 0 amide bonds. The SMILES string of the molecule is CC1(C)CCC(NCc2cccc3c2OCO3)c2ccccc21. The van der Waals surface area contributed by atoms with Crippen molar-refractivity contribution in [1.29, 1.82) is 0 Å². The third-order valence-electron chi connectivity index (χ3n) is 5.14. The van der Waals surface area contributed by atoms with Gasteiger partial charge in [-0.3, -0.25) is 0 Å². The summed E-state index contributed by atoms with van der Waals surface area (Å²) in [6.07, 6.45) is 2.37. The Hall–Kier alpha value is -2.00. The predicted octanol–water partition coefficient (Wildman–Crippen LogP) is 4.32. The normalized spacial score (nSPS) is 21.0. The maximum absolute atomic E-state index is 5.61. The third kappa shape index (κ3) is 2.59. The lowest BCUT2D eigenvalue weighted by Gasteiger charge is -2.37. The molecule has 3 heteroatoms. The highest BCUT2D eigenvalue weighted by molar-refractivity contribution is 5.48. The second kappa shape index (κ2) is 5.57. The number of hydrogen-bond donors (Lipinski definition) is 1. The molecule has 1 unspecified atom stereocenters. The van der Waals surface area contributed by atoms with E-state index in [2.05, 4.69) is 49.5 Å². The molecule has 2 aromatic rings. The van der Waals surface area contributed by atoms with E-state index < -0.39 is 0 Å². The number of rotatable bonds is 3. The highest BCUT2D eigenvalue weighted by atomic mass is 16.7. The molecule has 120 valence electrons. The summed E-state index contributed by atoms with van der Waals surface area (Å²) < 4.78 is 11.1. The van der Waals surface area contributed by atoms with E-state index >= 15 is 0 Å². The molecule has 0 radical (unpaired) electrons. The van der Waals surface area contributed by atoms with E-state index in [4.69, 9.17) is 9.47 Å². The van der Waals surface area contributed by atoms with Gasteiger partial charge in [0.1, 0.15) is 0 Å². The van der Waals surface area contributed by atoms with Crippen molar-refractivity contribution >= 4 is 0 Å². The first-order valence-corrected chi connectivity index (χ1v) is 8.35. The van der Waals surface area contributed by atoms with Crippen molar-refractivity contribution < 1.29 is 9.47 Å². The monoisotopic (exact) mass is 309 g/mol. The molecular formula is C20H23NO2. The van der Waals surface area contributed by atoms with Crippen molar-refractivity contribution in [2.24, 2.45) is 0 Å². The molecule has 1 aliphatic heterocycles. The molecule has 0 aromatic heterocycles. The summed E-state index contributed by atoms with van der Waals surface area (Å²) in [5.74, 6) is 1.75. The molecule has 2 aliphatic rings. The molecule has 1 heterocycles. The van der Waals surface area contributed by atoms with Crippen LogP contribution in [0.2, 0.25) is 0 Å². The van der Waals surface area contributed by atoms with E-state index in [0.717, 1.165) is 24.5 Å².